The maximum atomic E-state index is 15.2. The number of carboxylic acids is 1. The lowest BCUT2D eigenvalue weighted by Gasteiger charge is -2.53. The molecular formula is C33H43Cl2N3O7S2. The largest absolute Gasteiger partial charge is 0.481 e. The van der Waals surface area contributed by atoms with Gasteiger partial charge in [0.2, 0.25) is 15.9 Å². The lowest BCUT2D eigenvalue weighted by atomic mass is 9.64. The van der Waals surface area contributed by atoms with Crippen LogP contribution in [-0.4, -0.2) is 104 Å². The Morgan fingerprint density at radius 1 is 1.06 bits per heavy atom. The Balaban J connectivity index is 1.63. The minimum absolute atomic E-state index is 0.0164. The van der Waals surface area contributed by atoms with Gasteiger partial charge >= 0.3 is 5.97 Å². The molecule has 0 spiro atoms. The van der Waals surface area contributed by atoms with Gasteiger partial charge in [0.05, 0.1) is 34.6 Å². The van der Waals surface area contributed by atoms with E-state index in [9.17, 15) is 26.7 Å². The summed E-state index contributed by atoms with van der Waals surface area (Å²) in [5.41, 5.74) is 0.283. The summed E-state index contributed by atoms with van der Waals surface area (Å²) >= 11 is 12.8. The topological polar surface area (TPSA) is 132 Å². The van der Waals surface area contributed by atoms with Gasteiger partial charge in [0.1, 0.15) is 0 Å². The molecule has 0 unspecified atom stereocenters. The summed E-state index contributed by atoms with van der Waals surface area (Å²) in [6, 6.07) is 13.5. The summed E-state index contributed by atoms with van der Waals surface area (Å²) in [4.78, 5) is 31.5. The standard InChI is InChI=1S/C33H43Cl2N3O7S2/c1-3-27(22-36(2)47(44,45)28-11-12-28)38-31(23-7-9-25(34)10-8-23)29(24-5-4-6-26(35)19-24)20-33(32(38)41,21-30(39)40)13-14-37-15-17-46(42,43)18-16-37/h4-10,19,27-29,31H,3,11-18,20-22H2,1-2H3,(H,39,40)/t27-,29+,31+,33+/m0/s1. The highest BCUT2D eigenvalue weighted by Gasteiger charge is 2.55. The number of likely N-dealkylation sites (tertiary alicyclic amines) is 1. The zero-order valence-electron chi connectivity index (χ0n) is 26.7. The zero-order chi connectivity index (χ0) is 34.1. The van der Waals surface area contributed by atoms with Crippen LogP contribution < -0.4 is 0 Å². The van der Waals surface area contributed by atoms with Crippen molar-refractivity contribution >= 4 is 54.9 Å². The van der Waals surface area contributed by atoms with E-state index in [1.165, 1.54) is 4.31 Å². The molecule has 3 aliphatic rings. The SMILES string of the molecule is CC[C@@H](CN(C)S(=O)(=O)C1CC1)N1C(=O)[C@@](CCN2CCS(=O)(=O)CC2)(CC(=O)O)C[C@H](c2cccc(Cl)c2)[C@H]1c1ccc(Cl)cc1. The summed E-state index contributed by atoms with van der Waals surface area (Å²) < 4.78 is 52.1. The zero-order valence-corrected chi connectivity index (χ0v) is 29.9. The van der Waals surface area contributed by atoms with Crippen LogP contribution in [0.2, 0.25) is 10.0 Å². The number of benzene rings is 2. The highest BCUT2D eigenvalue weighted by Crippen LogP contribution is 2.54. The fourth-order valence-corrected chi connectivity index (χ4v) is 10.4. The van der Waals surface area contributed by atoms with Gasteiger partial charge in [0.25, 0.3) is 0 Å². The monoisotopic (exact) mass is 727 g/mol. The number of halogens is 2. The molecular weight excluding hydrogens is 685 g/mol. The van der Waals surface area contributed by atoms with Gasteiger partial charge in [-0.05, 0) is 74.0 Å². The van der Waals surface area contributed by atoms with Crippen LogP contribution in [0.3, 0.4) is 0 Å². The van der Waals surface area contributed by atoms with Gasteiger partial charge in [-0.1, -0.05) is 54.4 Å². The van der Waals surface area contributed by atoms with E-state index in [0.29, 0.717) is 48.9 Å². The molecule has 1 saturated carbocycles. The third-order valence-electron chi connectivity index (χ3n) is 10.0. The van der Waals surface area contributed by atoms with Crippen LogP contribution >= 0.6 is 23.2 Å². The van der Waals surface area contributed by atoms with E-state index in [1.54, 1.807) is 30.1 Å². The molecule has 5 rings (SSSR count). The van der Waals surface area contributed by atoms with Gasteiger partial charge in [-0.2, -0.15) is 0 Å². The van der Waals surface area contributed by atoms with Crippen molar-refractivity contribution < 1.29 is 31.5 Å². The first-order valence-corrected chi connectivity index (χ1v) is 20.2. The lowest BCUT2D eigenvalue weighted by molar-refractivity contribution is -0.163. The van der Waals surface area contributed by atoms with Crippen LogP contribution in [0, 0.1) is 5.41 Å². The van der Waals surface area contributed by atoms with Crippen LogP contribution in [0.25, 0.3) is 0 Å². The number of nitrogens with zero attached hydrogens (tertiary/aromatic N) is 3. The van der Waals surface area contributed by atoms with E-state index in [0.717, 1.165) is 11.1 Å². The van der Waals surface area contributed by atoms with Crippen LogP contribution in [-0.2, 0) is 29.4 Å². The van der Waals surface area contributed by atoms with Crippen molar-refractivity contribution in [1.29, 1.82) is 0 Å². The summed E-state index contributed by atoms with van der Waals surface area (Å²) in [7, 11) is -5.14. The highest BCUT2D eigenvalue weighted by molar-refractivity contribution is 7.91. The van der Waals surface area contributed by atoms with Crippen molar-refractivity contribution in [3.05, 3.63) is 69.7 Å². The van der Waals surface area contributed by atoms with Crippen molar-refractivity contribution in [3.8, 4) is 0 Å². The van der Waals surface area contributed by atoms with E-state index in [1.807, 2.05) is 42.2 Å². The fraction of sp³-hybridized carbons (Fsp3) is 0.576. The Bertz CT molecular complexity index is 1670. The lowest BCUT2D eigenvalue weighted by Crippen LogP contribution is -2.59. The molecule has 1 amide bonds. The molecule has 1 N–H and O–H groups in total. The first-order valence-electron chi connectivity index (χ1n) is 16.1. The Hall–Kier alpha value is -2.22. The van der Waals surface area contributed by atoms with Crippen molar-refractivity contribution in [2.24, 2.45) is 5.41 Å². The van der Waals surface area contributed by atoms with E-state index in [4.69, 9.17) is 23.2 Å². The summed E-state index contributed by atoms with van der Waals surface area (Å²) in [5.74, 6) is -1.82. The highest BCUT2D eigenvalue weighted by atomic mass is 35.5. The number of sulfone groups is 1. The molecule has 258 valence electrons. The van der Waals surface area contributed by atoms with E-state index < -0.39 is 60.9 Å². The van der Waals surface area contributed by atoms with Gasteiger partial charge in [-0.15, -0.1) is 0 Å². The molecule has 0 aromatic heterocycles. The molecule has 2 aromatic carbocycles. The van der Waals surface area contributed by atoms with Crippen LogP contribution in [0.5, 0.6) is 0 Å². The number of likely N-dealkylation sites (N-methyl/N-ethyl adjacent to an activating group) is 1. The Labute approximate surface area is 288 Å². The molecule has 4 atom stereocenters. The van der Waals surface area contributed by atoms with E-state index in [-0.39, 0.29) is 36.8 Å². The van der Waals surface area contributed by atoms with Gasteiger partial charge < -0.3 is 14.9 Å². The minimum atomic E-state index is -3.56. The van der Waals surface area contributed by atoms with Crippen LogP contribution in [0.15, 0.2) is 48.5 Å². The van der Waals surface area contributed by atoms with Crippen molar-refractivity contribution in [3.63, 3.8) is 0 Å². The Kier molecular flexibility index (Phi) is 11.0. The van der Waals surface area contributed by atoms with Gasteiger partial charge in [0, 0.05) is 48.7 Å². The molecule has 2 aromatic rings. The third-order valence-corrected chi connectivity index (χ3v) is 14.4. The van der Waals surface area contributed by atoms with Crippen molar-refractivity contribution in [2.45, 2.75) is 68.7 Å². The summed E-state index contributed by atoms with van der Waals surface area (Å²) in [5, 5.41) is 10.9. The number of rotatable bonds is 13. The molecule has 3 fully saturated rings. The predicted molar refractivity (Wildman–Crippen MR) is 183 cm³/mol. The number of piperidine rings is 1. The number of carbonyl (C=O) groups excluding carboxylic acids is 1. The van der Waals surface area contributed by atoms with Gasteiger partial charge in [-0.25, -0.2) is 21.1 Å². The normalized spacial score (nSPS) is 26.0. The molecule has 2 heterocycles. The number of amides is 1. The number of carbonyl (C=O) groups is 2. The maximum Gasteiger partial charge on any atom is 0.304 e. The predicted octanol–water partition coefficient (Wildman–Crippen LogP) is 4.83. The number of sulfonamides is 1. The quantitative estimate of drug-likeness (QED) is 0.310. The second kappa shape index (κ2) is 14.3. The molecule has 2 saturated heterocycles. The van der Waals surface area contributed by atoms with E-state index in [2.05, 4.69) is 0 Å². The second-order valence-electron chi connectivity index (χ2n) is 13.3. The molecule has 0 radical (unpaired) electrons. The van der Waals surface area contributed by atoms with Crippen LogP contribution in [0.1, 0.15) is 68.5 Å². The molecule has 47 heavy (non-hydrogen) atoms. The van der Waals surface area contributed by atoms with Crippen molar-refractivity contribution in [2.75, 3.05) is 44.7 Å². The van der Waals surface area contributed by atoms with E-state index >= 15 is 4.79 Å². The first-order chi connectivity index (χ1) is 22.2. The van der Waals surface area contributed by atoms with Gasteiger partial charge in [0.15, 0.2) is 9.84 Å². The number of carboxylic acid groups (broad SMARTS) is 1. The first kappa shape index (κ1) is 36.1. The smallest absolute Gasteiger partial charge is 0.304 e. The average Bonchev–Trinajstić information content (AvgIpc) is 3.87. The van der Waals surface area contributed by atoms with Gasteiger partial charge in [-0.3, -0.25) is 9.59 Å². The third kappa shape index (κ3) is 8.16. The number of hydrogen-bond acceptors (Lipinski definition) is 7. The van der Waals surface area contributed by atoms with Crippen LogP contribution in [0.4, 0.5) is 0 Å². The average molecular weight is 729 g/mol. The maximum absolute atomic E-state index is 15.2. The molecule has 2 aliphatic heterocycles. The Morgan fingerprint density at radius 2 is 1.72 bits per heavy atom. The minimum Gasteiger partial charge on any atom is -0.481 e. The molecule has 14 heteroatoms. The van der Waals surface area contributed by atoms with Crippen molar-refractivity contribution in [1.82, 2.24) is 14.1 Å². The Morgan fingerprint density at radius 3 is 2.30 bits per heavy atom. The second-order valence-corrected chi connectivity index (χ2v) is 18.8. The summed E-state index contributed by atoms with van der Waals surface area (Å²) in [6.07, 6.45) is 1.62. The molecule has 10 nitrogen and oxygen atoms in total. The fourth-order valence-electron chi connectivity index (χ4n) is 7.21. The molecule has 0 bridgehead atoms. The molecule has 1 aliphatic carbocycles. The summed E-state index contributed by atoms with van der Waals surface area (Å²) in [6.45, 7) is 2.94. The number of hydrogen-bond donors (Lipinski definition) is 1. The number of aliphatic carboxylic acids is 1.